The summed E-state index contributed by atoms with van der Waals surface area (Å²) < 4.78 is 36.8. The highest BCUT2D eigenvalue weighted by Gasteiger charge is 2.15. The van der Waals surface area contributed by atoms with Gasteiger partial charge in [0.1, 0.15) is 11.5 Å². The summed E-state index contributed by atoms with van der Waals surface area (Å²) in [4.78, 5) is 12.6. The summed E-state index contributed by atoms with van der Waals surface area (Å²) in [5.74, 6) is -1.14. The van der Waals surface area contributed by atoms with Crippen molar-refractivity contribution >= 4 is 0 Å². The molecule has 0 fully saturated rings. The Labute approximate surface area is 71.4 Å². The lowest BCUT2D eigenvalue weighted by Gasteiger charge is -2.02. The quantitative estimate of drug-likeness (QED) is 0.731. The third kappa shape index (κ3) is 1.89. The minimum absolute atomic E-state index is 0.0538. The predicted molar refractivity (Wildman–Crippen MR) is 39.9 cm³/mol. The van der Waals surface area contributed by atoms with Crippen molar-refractivity contribution in [2.24, 2.45) is 5.73 Å². The van der Waals surface area contributed by atoms with Gasteiger partial charge in [-0.2, -0.15) is 0 Å². The molecule has 0 amide bonds. The highest BCUT2D eigenvalue weighted by molar-refractivity contribution is 5.16. The van der Waals surface area contributed by atoms with Crippen molar-refractivity contribution in [3.63, 3.8) is 0 Å². The zero-order chi connectivity index (χ0) is 10.0. The third-order valence-electron chi connectivity index (χ3n) is 1.54. The molecule has 0 saturated carbocycles. The van der Waals surface area contributed by atoms with Crippen molar-refractivity contribution in [1.82, 2.24) is 4.98 Å². The van der Waals surface area contributed by atoms with Gasteiger partial charge in [-0.1, -0.05) is 0 Å². The summed E-state index contributed by atoms with van der Waals surface area (Å²) in [5.41, 5.74) is 3.24. The molecule has 0 spiro atoms. The highest BCUT2D eigenvalue weighted by Crippen LogP contribution is 2.18. The van der Waals surface area contributed by atoms with E-state index in [0.29, 0.717) is 0 Å². The van der Waals surface area contributed by atoms with Crippen molar-refractivity contribution in [3.8, 4) is 0 Å². The minimum atomic E-state index is -3.03. The minimum Gasteiger partial charge on any atom is -0.326 e. The van der Waals surface area contributed by atoms with Crippen LogP contribution in [-0.4, -0.2) is 4.98 Å². The molecule has 0 bridgehead atoms. The fourth-order valence-electron chi connectivity index (χ4n) is 0.869. The first-order valence-corrected chi connectivity index (χ1v) is 3.46. The molecule has 0 atom stereocenters. The van der Waals surface area contributed by atoms with Crippen LogP contribution in [0.4, 0.5) is 13.2 Å². The van der Waals surface area contributed by atoms with Crippen LogP contribution in [0.5, 0.6) is 0 Å². The molecule has 0 aromatic carbocycles. The fourth-order valence-corrected chi connectivity index (χ4v) is 0.869. The van der Waals surface area contributed by atoms with Gasteiger partial charge in [-0.3, -0.25) is 4.79 Å². The number of H-pyrrole nitrogens is 1. The van der Waals surface area contributed by atoms with Crippen LogP contribution in [0.15, 0.2) is 10.9 Å². The van der Waals surface area contributed by atoms with E-state index in [1.165, 1.54) is 0 Å². The van der Waals surface area contributed by atoms with Gasteiger partial charge < -0.3 is 10.7 Å². The van der Waals surface area contributed by atoms with Crippen LogP contribution in [0.1, 0.15) is 17.7 Å². The molecule has 3 N–H and O–H groups in total. The SMILES string of the molecule is NCc1cc(F)c(C(F)F)[nH]c1=O. The topological polar surface area (TPSA) is 58.9 Å². The Bertz CT molecular complexity index is 361. The first-order valence-electron chi connectivity index (χ1n) is 3.46. The molecular formula is C7H7F3N2O. The molecule has 1 aromatic heterocycles. The van der Waals surface area contributed by atoms with Crippen LogP contribution in [0.3, 0.4) is 0 Å². The Hall–Kier alpha value is -1.30. The lowest BCUT2D eigenvalue weighted by atomic mass is 10.2. The van der Waals surface area contributed by atoms with E-state index in [0.717, 1.165) is 6.07 Å². The van der Waals surface area contributed by atoms with Crippen molar-refractivity contribution in [2.45, 2.75) is 13.0 Å². The standard InChI is InChI=1S/C7H7F3N2O/c8-4-1-3(2-11)7(13)12-5(4)6(9)10/h1,6H,2,11H2,(H,12,13). The van der Waals surface area contributed by atoms with E-state index in [1.54, 1.807) is 4.98 Å². The Morgan fingerprint density at radius 3 is 2.62 bits per heavy atom. The number of aromatic amines is 1. The number of aromatic nitrogens is 1. The second-order valence-electron chi connectivity index (χ2n) is 2.39. The first kappa shape index (κ1) is 9.79. The monoisotopic (exact) mass is 192 g/mol. The van der Waals surface area contributed by atoms with Gasteiger partial charge in [0.15, 0.2) is 0 Å². The van der Waals surface area contributed by atoms with Gasteiger partial charge in [0.2, 0.25) is 0 Å². The van der Waals surface area contributed by atoms with Gasteiger partial charge in [0.25, 0.3) is 12.0 Å². The predicted octanol–water partition coefficient (Wildman–Crippen LogP) is 0.910. The van der Waals surface area contributed by atoms with Crippen molar-refractivity contribution in [2.75, 3.05) is 0 Å². The maximum absolute atomic E-state index is 12.8. The van der Waals surface area contributed by atoms with E-state index in [2.05, 4.69) is 0 Å². The summed E-state index contributed by atoms with van der Waals surface area (Å²) in [5, 5.41) is 0. The second-order valence-corrected chi connectivity index (χ2v) is 2.39. The van der Waals surface area contributed by atoms with Gasteiger partial charge in [0.05, 0.1) is 0 Å². The van der Waals surface area contributed by atoms with Gasteiger partial charge in [-0.25, -0.2) is 13.2 Å². The van der Waals surface area contributed by atoms with Gasteiger partial charge in [-0.05, 0) is 6.07 Å². The Balaban J connectivity index is 3.29. The molecule has 6 heteroatoms. The van der Waals surface area contributed by atoms with Gasteiger partial charge in [-0.15, -0.1) is 0 Å². The van der Waals surface area contributed by atoms with Gasteiger partial charge >= 0.3 is 0 Å². The molecule has 0 saturated heterocycles. The molecule has 72 valence electrons. The summed E-state index contributed by atoms with van der Waals surface area (Å²) in [6.07, 6.45) is -3.03. The number of nitrogens with one attached hydrogen (secondary N) is 1. The lowest BCUT2D eigenvalue weighted by molar-refractivity contribution is 0.140. The smallest absolute Gasteiger partial charge is 0.281 e. The van der Waals surface area contributed by atoms with E-state index in [4.69, 9.17) is 5.73 Å². The number of hydrogen-bond donors (Lipinski definition) is 2. The second kappa shape index (κ2) is 3.61. The largest absolute Gasteiger partial charge is 0.326 e. The average Bonchev–Trinajstić information content (AvgIpc) is 2.07. The molecule has 1 aromatic rings. The van der Waals surface area contributed by atoms with Crippen LogP contribution in [0.2, 0.25) is 0 Å². The third-order valence-corrected chi connectivity index (χ3v) is 1.54. The average molecular weight is 192 g/mol. The van der Waals surface area contributed by atoms with E-state index < -0.39 is 23.5 Å². The molecule has 13 heavy (non-hydrogen) atoms. The van der Waals surface area contributed by atoms with E-state index in [1.807, 2.05) is 0 Å². The van der Waals surface area contributed by atoms with Crippen LogP contribution < -0.4 is 11.3 Å². The fraction of sp³-hybridized carbons (Fsp3) is 0.286. The highest BCUT2D eigenvalue weighted by atomic mass is 19.3. The number of alkyl halides is 2. The number of halogens is 3. The van der Waals surface area contributed by atoms with Crippen molar-refractivity contribution in [3.05, 3.63) is 33.5 Å². The normalized spacial score (nSPS) is 10.8. The lowest BCUT2D eigenvalue weighted by Crippen LogP contribution is -2.19. The van der Waals surface area contributed by atoms with Crippen LogP contribution in [0.25, 0.3) is 0 Å². The summed E-state index contributed by atoms with van der Waals surface area (Å²) in [6.45, 7) is -0.185. The molecule has 0 aliphatic rings. The van der Waals surface area contributed by atoms with E-state index in [-0.39, 0.29) is 12.1 Å². The van der Waals surface area contributed by atoms with Crippen molar-refractivity contribution < 1.29 is 13.2 Å². The molecule has 3 nitrogen and oxygen atoms in total. The first-order chi connectivity index (χ1) is 6.06. The van der Waals surface area contributed by atoms with Crippen LogP contribution in [-0.2, 0) is 6.54 Å². The van der Waals surface area contributed by atoms with Crippen molar-refractivity contribution in [1.29, 1.82) is 0 Å². The number of rotatable bonds is 2. The molecule has 0 radical (unpaired) electrons. The number of pyridine rings is 1. The Morgan fingerprint density at radius 1 is 1.54 bits per heavy atom. The maximum atomic E-state index is 12.8. The molecule has 0 aliphatic heterocycles. The van der Waals surface area contributed by atoms with Crippen LogP contribution >= 0.6 is 0 Å². The number of nitrogens with two attached hydrogens (primary N) is 1. The zero-order valence-corrected chi connectivity index (χ0v) is 6.48. The Kier molecular flexibility index (Phi) is 2.72. The van der Waals surface area contributed by atoms with E-state index in [9.17, 15) is 18.0 Å². The Morgan fingerprint density at radius 2 is 2.15 bits per heavy atom. The molecule has 1 heterocycles. The van der Waals surface area contributed by atoms with Gasteiger partial charge in [0, 0.05) is 12.1 Å². The van der Waals surface area contributed by atoms with E-state index >= 15 is 0 Å². The summed E-state index contributed by atoms with van der Waals surface area (Å²) in [7, 11) is 0. The maximum Gasteiger partial charge on any atom is 0.281 e. The molecule has 0 unspecified atom stereocenters. The molecular weight excluding hydrogens is 185 g/mol. The molecule has 0 aliphatic carbocycles. The molecule has 1 rings (SSSR count). The summed E-state index contributed by atoms with van der Waals surface area (Å²) in [6, 6.07) is 0.723. The zero-order valence-electron chi connectivity index (χ0n) is 6.48. The summed E-state index contributed by atoms with van der Waals surface area (Å²) >= 11 is 0. The number of hydrogen-bond acceptors (Lipinski definition) is 2. The van der Waals surface area contributed by atoms with Crippen LogP contribution in [0, 0.1) is 5.82 Å².